The van der Waals surface area contributed by atoms with Gasteiger partial charge in [0, 0.05) is 12.1 Å². The van der Waals surface area contributed by atoms with Gasteiger partial charge in [-0.2, -0.15) is 0 Å². The number of aliphatic hydroxyl groups excluding tert-OH is 1. The maximum atomic E-state index is 12.4. The molecule has 2 aliphatic heterocycles. The SMILES string of the molecule is CN1C2CCC1CC(OC(=O)C(CO)c1ccc(O)cc1)C2. The first-order valence-electron chi connectivity index (χ1n) is 7.90. The normalized spacial score (nSPS) is 29.3. The fourth-order valence-electron chi connectivity index (χ4n) is 3.73. The Morgan fingerprint density at radius 1 is 1.27 bits per heavy atom. The lowest BCUT2D eigenvalue weighted by Gasteiger charge is -2.36. The van der Waals surface area contributed by atoms with Gasteiger partial charge in [-0.25, -0.2) is 0 Å². The molecule has 3 atom stereocenters. The summed E-state index contributed by atoms with van der Waals surface area (Å²) in [5.74, 6) is -0.916. The summed E-state index contributed by atoms with van der Waals surface area (Å²) in [5.41, 5.74) is 0.668. The summed E-state index contributed by atoms with van der Waals surface area (Å²) in [5, 5.41) is 18.9. The molecule has 2 bridgehead atoms. The number of carbonyl (C=O) groups is 1. The highest BCUT2D eigenvalue weighted by Gasteiger charge is 2.40. The number of rotatable bonds is 4. The van der Waals surface area contributed by atoms with Crippen molar-refractivity contribution in [3.05, 3.63) is 29.8 Å². The number of aromatic hydroxyl groups is 1. The van der Waals surface area contributed by atoms with Gasteiger partial charge in [-0.1, -0.05) is 12.1 Å². The maximum absolute atomic E-state index is 12.4. The standard InChI is InChI=1S/C17H23NO4/c1-18-12-4-5-13(18)9-15(8-12)22-17(21)16(10-19)11-2-6-14(20)7-3-11/h2-3,6-7,12-13,15-16,19-20H,4-5,8-10H2,1H3. The summed E-state index contributed by atoms with van der Waals surface area (Å²) < 4.78 is 5.67. The molecule has 0 aliphatic carbocycles. The minimum atomic E-state index is -0.682. The number of hydrogen-bond donors (Lipinski definition) is 2. The highest BCUT2D eigenvalue weighted by molar-refractivity contribution is 5.78. The van der Waals surface area contributed by atoms with E-state index in [1.165, 1.54) is 25.0 Å². The second-order valence-electron chi connectivity index (χ2n) is 6.41. The number of phenols is 1. The van der Waals surface area contributed by atoms with Crippen molar-refractivity contribution in [1.29, 1.82) is 0 Å². The van der Waals surface area contributed by atoms with E-state index < -0.39 is 5.92 Å². The van der Waals surface area contributed by atoms with Gasteiger partial charge in [0.15, 0.2) is 0 Å². The molecule has 5 nitrogen and oxygen atoms in total. The van der Waals surface area contributed by atoms with Crippen LogP contribution in [0.2, 0.25) is 0 Å². The Morgan fingerprint density at radius 3 is 2.41 bits per heavy atom. The predicted octanol–water partition coefficient (Wildman–Crippen LogP) is 1.64. The van der Waals surface area contributed by atoms with E-state index >= 15 is 0 Å². The van der Waals surface area contributed by atoms with Crippen molar-refractivity contribution in [3.8, 4) is 5.75 Å². The van der Waals surface area contributed by atoms with Crippen LogP contribution in [0.3, 0.4) is 0 Å². The van der Waals surface area contributed by atoms with E-state index in [-0.39, 0.29) is 24.4 Å². The molecule has 0 spiro atoms. The molecule has 1 aromatic rings. The highest BCUT2D eigenvalue weighted by Crippen LogP contribution is 2.36. The van der Waals surface area contributed by atoms with Crippen LogP contribution in [0.4, 0.5) is 0 Å². The predicted molar refractivity (Wildman–Crippen MR) is 81.6 cm³/mol. The van der Waals surface area contributed by atoms with Crippen molar-refractivity contribution in [2.45, 2.75) is 49.8 Å². The average Bonchev–Trinajstić information content (AvgIpc) is 2.72. The number of benzene rings is 1. The topological polar surface area (TPSA) is 70.0 Å². The summed E-state index contributed by atoms with van der Waals surface area (Å²) in [6.07, 6.45) is 4.07. The second kappa shape index (κ2) is 6.26. The summed E-state index contributed by atoms with van der Waals surface area (Å²) in [6.45, 7) is -0.289. The molecule has 2 N–H and O–H groups in total. The largest absolute Gasteiger partial charge is 0.508 e. The number of hydrogen-bond acceptors (Lipinski definition) is 5. The van der Waals surface area contributed by atoms with Crippen LogP contribution < -0.4 is 0 Å². The number of phenolic OH excluding ortho intramolecular Hbond substituents is 1. The number of nitrogens with zero attached hydrogens (tertiary/aromatic N) is 1. The van der Waals surface area contributed by atoms with E-state index in [0.29, 0.717) is 17.6 Å². The molecular formula is C17H23NO4. The third kappa shape index (κ3) is 2.96. The summed E-state index contributed by atoms with van der Waals surface area (Å²) in [7, 11) is 2.15. The van der Waals surface area contributed by atoms with Crippen molar-refractivity contribution >= 4 is 5.97 Å². The first-order chi connectivity index (χ1) is 10.6. The van der Waals surface area contributed by atoms with Crippen molar-refractivity contribution in [2.24, 2.45) is 0 Å². The van der Waals surface area contributed by atoms with Gasteiger partial charge in [-0.3, -0.25) is 4.79 Å². The van der Waals surface area contributed by atoms with Crippen LogP contribution in [-0.4, -0.2) is 52.9 Å². The van der Waals surface area contributed by atoms with Crippen LogP contribution in [0.1, 0.15) is 37.2 Å². The number of ether oxygens (including phenoxy) is 1. The van der Waals surface area contributed by atoms with Gasteiger partial charge in [0.2, 0.25) is 0 Å². The molecule has 0 saturated carbocycles. The first kappa shape index (κ1) is 15.3. The van der Waals surface area contributed by atoms with E-state index in [0.717, 1.165) is 12.8 Å². The number of aliphatic hydroxyl groups is 1. The van der Waals surface area contributed by atoms with Crippen molar-refractivity contribution in [2.75, 3.05) is 13.7 Å². The van der Waals surface area contributed by atoms with Crippen molar-refractivity contribution in [1.82, 2.24) is 4.90 Å². The lowest BCUT2D eigenvalue weighted by Crippen LogP contribution is -2.43. The van der Waals surface area contributed by atoms with Gasteiger partial charge in [0.25, 0.3) is 0 Å². The molecule has 0 aromatic heterocycles. The lowest BCUT2D eigenvalue weighted by molar-refractivity contribution is -0.155. The summed E-state index contributed by atoms with van der Waals surface area (Å²) in [6, 6.07) is 7.35. The Hall–Kier alpha value is -1.59. The molecule has 0 radical (unpaired) electrons. The van der Waals surface area contributed by atoms with Crippen LogP contribution in [-0.2, 0) is 9.53 Å². The number of esters is 1. The Morgan fingerprint density at radius 2 is 1.86 bits per heavy atom. The third-order valence-electron chi connectivity index (χ3n) is 5.10. The Bertz CT molecular complexity index is 516. The van der Waals surface area contributed by atoms with Crippen molar-refractivity contribution < 1.29 is 19.7 Å². The van der Waals surface area contributed by atoms with E-state index in [1.54, 1.807) is 12.1 Å². The quantitative estimate of drug-likeness (QED) is 0.828. The zero-order valence-electron chi connectivity index (χ0n) is 12.8. The molecule has 3 rings (SSSR count). The molecule has 0 amide bonds. The Balaban J connectivity index is 1.64. The second-order valence-corrected chi connectivity index (χ2v) is 6.41. The van der Waals surface area contributed by atoms with E-state index in [9.17, 15) is 15.0 Å². The molecule has 5 heteroatoms. The maximum Gasteiger partial charge on any atom is 0.316 e. The fraction of sp³-hybridized carbons (Fsp3) is 0.588. The molecule has 2 aliphatic rings. The van der Waals surface area contributed by atoms with Crippen LogP contribution >= 0.6 is 0 Å². The zero-order chi connectivity index (χ0) is 15.7. The van der Waals surface area contributed by atoms with Gasteiger partial charge in [0.05, 0.1) is 6.61 Å². The van der Waals surface area contributed by atoms with Crippen LogP contribution in [0.25, 0.3) is 0 Å². The van der Waals surface area contributed by atoms with Gasteiger partial charge >= 0.3 is 5.97 Å². The molecule has 2 fully saturated rings. The number of carbonyl (C=O) groups excluding carboxylic acids is 1. The Labute approximate surface area is 130 Å². The van der Waals surface area contributed by atoms with E-state index in [2.05, 4.69) is 11.9 Å². The van der Waals surface area contributed by atoms with Gasteiger partial charge < -0.3 is 19.8 Å². The Kier molecular flexibility index (Phi) is 4.36. The molecule has 3 unspecified atom stereocenters. The molecule has 1 aromatic carbocycles. The van der Waals surface area contributed by atoms with E-state index in [4.69, 9.17) is 4.74 Å². The van der Waals surface area contributed by atoms with Crippen molar-refractivity contribution in [3.63, 3.8) is 0 Å². The fourth-order valence-corrected chi connectivity index (χ4v) is 3.73. The van der Waals surface area contributed by atoms with Crippen LogP contribution in [0, 0.1) is 0 Å². The summed E-state index contributed by atoms with van der Waals surface area (Å²) in [4.78, 5) is 14.8. The smallest absolute Gasteiger partial charge is 0.316 e. The number of fused-ring (bicyclic) bond motifs is 2. The minimum absolute atomic E-state index is 0.0487. The first-order valence-corrected chi connectivity index (χ1v) is 7.90. The average molecular weight is 305 g/mol. The van der Waals surface area contributed by atoms with E-state index in [1.807, 2.05) is 0 Å². The van der Waals surface area contributed by atoms with Crippen LogP contribution in [0.15, 0.2) is 24.3 Å². The molecular weight excluding hydrogens is 282 g/mol. The van der Waals surface area contributed by atoms with Gasteiger partial charge in [-0.05, 0) is 50.4 Å². The molecule has 2 heterocycles. The highest BCUT2D eigenvalue weighted by atomic mass is 16.5. The van der Waals surface area contributed by atoms with Gasteiger partial charge in [0.1, 0.15) is 17.8 Å². The molecule has 2 saturated heterocycles. The monoisotopic (exact) mass is 305 g/mol. The third-order valence-corrected chi connectivity index (χ3v) is 5.10. The molecule has 120 valence electrons. The van der Waals surface area contributed by atoms with Gasteiger partial charge in [-0.15, -0.1) is 0 Å². The van der Waals surface area contributed by atoms with Crippen LogP contribution in [0.5, 0.6) is 5.75 Å². The summed E-state index contributed by atoms with van der Waals surface area (Å²) >= 11 is 0. The minimum Gasteiger partial charge on any atom is -0.508 e. The molecule has 22 heavy (non-hydrogen) atoms. The number of piperidine rings is 1. The zero-order valence-corrected chi connectivity index (χ0v) is 12.8. The lowest BCUT2D eigenvalue weighted by atomic mass is 9.98.